The monoisotopic (exact) mass is 614 g/mol. The van der Waals surface area contributed by atoms with E-state index < -0.39 is 18.2 Å². The van der Waals surface area contributed by atoms with Crippen molar-refractivity contribution in [1.82, 2.24) is 10.2 Å². The predicted molar refractivity (Wildman–Crippen MR) is 167 cm³/mol. The maximum absolute atomic E-state index is 12.6. The number of piperidine rings is 1. The number of nitrogens with one attached hydrogen (secondary N) is 1. The van der Waals surface area contributed by atoms with E-state index in [-0.39, 0.29) is 18.5 Å². The van der Waals surface area contributed by atoms with Crippen molar-refractivity contribution in [2.24, 2.45) is 0 Å². The molecule has 0 radical (unpaired) electrons. The fourth-order valence-electron chi connectivity index (χ4n) is 6.16. The summed E-state index contributed by atoms with van der Waals surface area (Å²) in [7, 11) is 5.37. The van der Waals surface area contributed by atoms with E-state index in [0.29, 0.717) is 17.0 Å². The average molecular weight is 615 g/mol. The summed E-state index contributed by atoms with van der Waals surface area (Å²) in [5.41, 5.74) is 5.41. The normalized spacial score (nSPS) is 18.6. The van der Waals surface area contributed by atoms with Crippen LogP contribution in [-0.2, 0) is 28.7 Å². The van der Waals surface area contributed by atoms with Crippen molar-refractivity contribution < 1.29 is 33.4 Å². The van der Waals surface area contributed by atoms with Gasteiger partial charge in [-0.05, 0) is 42.3 Å². The summed E-state index contributed by atoms with van der Waals surface area (Å²) in [4.78, 5) is 58.5. The van der Waals surface area contributed by atoms with Gasteiger partial charge in [0.05, 0.1) is 16.9 Å². The fraction of sp³-hybridized carbons (Fsp3) is 0.353. The Balaban J connectivity index is 0.000000198. The molecule has 0 spiro atoms. The fourth-order valence-corrected chi connectivity index (χ4v) is 6.16. The van der Waals surface area contributed by atoms with Gasteiger partial charge in [0, 0.05) is 52.7 Å². The van der Waals surface area contributed by atoms with E-state index in [4.69, 9.17) is 19.1 Å². The van der Waals surface area contributed by atoms with E-state index in [9.17, 15) is 14.4 Å². The van der Waals surface area contributed by atoms with Gasteiger partial charge in [-0.25, -0.2) is 4.79 Å². The molecule has 0 saturated carbocycles. The Bertz CT molecular complexity index is 1480. The van der Waals surface area contributed by atoms with Crippen LogP contribution in [0.3, 0.4) is 0 Å². The molecule has 3 aromatic rings. The van der Waals surface area contributed by atoms with Crippen LogP contribution in [0.15, 0.2) is 78.9 Å². The molecule has 11 nitrogen and oxygen atoms in total. The highest BCUT2D eigenvalue weighted by atomic mass is 16.7. The number of nitrogens with zero attached hydrogens (tertiary/aromatic N) is 3. The molecule has 1 fully saturated rings. The van der Waals surface area contributed by atoms with Crippen LogP contribution < -0.4 is 15.1 Å². The molecule has 1 saturated heterocycles. The molecule has 3 heterocycles. The minimum absolute atomic E-state index is 0.168. The maximum Gasteiger partial charge on any atom is 0.373 e. The molecule has 4 atom stereocenters. The second-order valence-electron chi connectivity index (χ2n) is 11.1. The first-order valence-electron chi connectivity index (χ1n) is 14.7. The van der Waals surface area contributed by atoms with Crippen molar-refractivity contribution in [2.75, 3.05) is 57.1 Å². The third-order valence-electron chi connectivity index (χ3n) is 8.23. The van der Waals surface area contributed by atoms with Crippen LogP contribution in [0.5, 0.6) is 0 Å². The number of amides is 1. The van der Waals surface area contributed by atoms with Crippen molar-refractivity contribution in [1.29, 1.82) is 0 Å². The number of benzene rings is 3. The number of para-hydroxylation sites is 1. The highest BCUT2D eigenvalue weighted by molar-refractivity contribution is 5.90. The van der Waals surface area contributed by atoms with Gasteiger partial charge in [-0.1, -0.05) is 60.7 Å². The number of fused-ring (bicyclic) bond motifs is 3. The molecule has 3 aromatic carbocycles. The number of ether oxygens (including phenoxy) is 2. The quantitative estimate of drug-likeness (QED) is 0.241. The van der Waals surface area contributed by atoms with Crippen molar-refractivity contribution in [3.63, 3.8) is 0 Å². The van der Waals surface area contributed by atoms with Crippen molar-refractivity contribution in [3.8, 4) is 0 Å². The van der Waals surface area contributed by atoms with E-state index in [1.165, 1.54) is 35.8 Å². The molecule has 11 heteroatoms. The number of anilines is 2. The van der Waals surface area contributed by atoms with Gasteiger partial charge in [0.15, 0.2) is 0 Å². The largest absolute Gasteiger partial charge is 0.426 e. The summed E-state index contributed by atoms with van der Waals surface area (Å²) in [5.74, 6) is -1.28. The molecule has 0 unspecified atom stereocenters. The summed E-state index contributed by atoms with van der Waals surface area (Å²) in [6.45, 7) is 4.86. The SMILES string of the molecule is CN(C)C(=O)[C@H](c1ccccc1)[C@H](OC=O)OC(=O)c1ccccc1.CN1CCN2c3c(cccc31)[C@H]1CNCC[C@H]12.O=C=O. The van der Waals surface area contributed by atoms with Crippen molar-refractivity contribution in [3.05, 3.63) is 95.6 Å². The molecule has 3 aliphatic rings. The van der Waals surface area contributed by atoms with Crippen LogP contribution in [0.2, 0.25) is 0 Å². The standard InChI is InChI=1S/C19H19NO5.C14H19N3.CO2/c1-20(2)17(22)16(14-9-5-3-6-10-14)19(24-13-21)25-18(23)15-11-7-4-8-12-15;1-16-7-8-17-12-5-6-15-9-11(12)10-3-2-4-13(16)14(10)17;2-1-3/h3-13,16,19H,1-2H3;2-4,11-12,15H,5-9H2,1H3;/t16-,19+;11-,12-;/m01./s1. The summed E-state index contributed by atoms with van der Waals surface area (Å²) in [5, 5.41) is 3.55. The maximum atomic E-state index is 12.6. The van der Waals surface area contributed by atoms with Crippen LogP contribution in [0.25, 0.3) is 0 Å². The lowest BCUT2D eigenvalue weighted by molar-refractivity contribution is -0.191. The predicted octanol–water partition coefficient (Wildman–Crippen LogP) is 3.03. The molecule has 0 bridgehead atoms. The van der Waals surface area contributed by atoms with E-state index in [2.05, 4.69) is 40.4 Å². The highest BCUT2D eigenvalue weighted by Gasteiger charge is 2.42. The Morgan fingerprint density at radius 1 is 0.978 bits per heavy atom. The average Bonchev–Trinajstić information content (AvgIpc) is 3.39. The van der Waals surface area contributed by atoms with Gasteiger partial charge >= 0.3 is 12.1 Å². The summed E-state index contributed by atoms with van der Waals surface area (Å²) in [6.07, 6.45) is 0.171. The molecule has 3 aliphatic heterocycles. The molecular formula is C34H38N4O7. The van der Waals surface area contributed by atoms with Crippen molar-refractivity contribution >= 4 is 35.9 Å². The number of esters is 1. The van der Waals surface area contributed by atoms with Crippen LogP contribution in [-0.4, -0.2) is 89.1 Å². The van der Waals surface area contributed by atoms with Gasteiger partial charge in [0.2, 0.25) is 5.91 Å². The molecule has 6 rings (SSSR count). The van der Waals surface area contributed by atoms with Crippen LogP contribution >= 0.6 is 0 Å². The molecular weight excluding hydrogens is 576 g/mol. The molecule has 1 N–H and O–H groups in total. The Morgan fingerprint density at radius 2 is 1.64 bits per heavy atom. The van der Waals surface area contributed by atoms with E-state index in [1.54, 1.807) is 80.3 Å². The summed E-state index contributed by atoms with van der Waals surface area (Å²) in [6, 6.07) is 24.6. The van der Waals surface area contributed by atoms with Crippen LogP contribution in [0, 0.1) is 0 Å². The number of carbonyl (C=O) groups is 3. The molecule has 45 heavy (non-hydrogen) atoms. The summed E-state index contributed by atoms with van der Waals surface area (Å²) >= 11 is 0. The van der Waals surface area contributed by atoms with E-state index in [1.807, 2.05) is 0 Å². The first-order chi connectivity index (χ1) is 21.8. The second-order valence-corrected chi connectivity index (χ2v) is 11.1. The van der Waals surface area contributed by atoms with Gasteiger partial charge in [0.1, 0.15) is 5.92 Å². The first-order valence-corrected chi connectivity index (χ1v) is 14.7. The van der Waals surface area contributed by atoms with Gasteiger partial charge in [0.25, 0.3) is 12.8 Å². The van der Waals surface area contributed by atoms with Gasteiger partial charge < -0.3 is 29.5 Å². The minimum atomic E-state index is -1.37. The smallest absolute Gasteiger partial charge is 0.373 e. The number of hydrogen-bond donors (Lipinski definition) is 1. The number of likely N-dealkylation sites (N-methyl/N-ethyl adjacent to an activating group) is 2. The lowest BCUT2D eigenvalue weighted by atomic mass is 9.90. The third kappa shape index (κ3) is 7.57. The first kappa shape index (κ1) is 32.9. The zero-order valence-electron chi connectivity index (χ0n) is 25.6. The molecule has 0 aromatic heterocycles. The topological polar surface area (TPSA) is 126 Å². The molecule has 0 aliphatic carbocycles. The number of hydrogen-bond acceptors (Lipinski definition) is 10. The zero-order chi connectivity index (χ0) is 32.3. The van der Waals surface area contributed by atoms with Gasteiger partial charge in [-0.3, -0.25) is 9.59 Å². The zero-order valence-corrected chi connectivity index (χ0v) is 25.6. The van der Waals surface area contributed by atoms with Gasteiger partial charge in [-0.15, -0.1) is 0 Å². The van der Waals surface area contributed by atoms with E-state index >= 15 is 0 Å². The summed E-state index contributed by atoms with van der Waals surface area (Å²) < 4.78 is 10.3. The number of carbonyl (C=O) groups excluding carboxylic acids is 5. The Kier molecular flexibility index (Phi) is 11.4. The van der Waals surface area contributed by atoms with Gasteiger partial charge in [-0.2, -0.15) is 9.59 Å². The Labute approximate surface area is 262 Å². The van der Waals surface area contributed by atoms with Crippen LogP contribution in [0.1, 0.15) is 39.7 Å². The lowest BCUT2D eigenvalue weighted by Crippen LogP contribution is -2.48. The minimum Gasteiger partial charge on any atom is -0.426 e. The molecule has 236 valence electrons. The highest BCUT2D eigenvalue weighted by Crippen LogP contribution is 2.49. The Hall–Kier alpha value is -4.99. The Morgan fingerprint density at radius 3 is 2.29 bits per heavy atom. The van der Waals surface area contributed by atoms with Crippen molar-refractivity contribution in [2.45, 2.75) is 30.6 Å². The molecule has 1 amide bonds. The number of rotatable bonds is 7. The lowest BCUT2D eigenvalue weighted by Gasteiger charge is -2.39. The van der Waals surface area contributed by atoms with E-state index in [0.717, 1.165) is 19.1 Å². The second kappa shape index (κ2) is 15.7. The van der Waals surface area contributed by atoms with Crippen LogP contribution in [0.4, 0.5) is 11.4 Å². The third-order valence-corrected chi connectivity index (χ3v) is 8.23.